The van der Waals surface area contributed by atoms with Gasteiger partial charge in [-0.2, -0.15) is 0 Å². The van der Waals surface area contributed by atoms with E-state index in [-0.39, 0.29) is 21.6 Å². The summed E-state index contributed by atoms with van der Waals surface area (Å²) in [7, 11) is -0.786. The van der Waals surface area contributed by atoms with Crippen LogP contribution in [0.25, 0.3) is 0 Å². The molecule has 1 aromatic rings. The van der Waals surface area contributed by atoms with Crippen molar-refractivity contribution in [3.8, 4) is 0 Å². The second kappa shape index (κ2) is 5.90. The maximum atomic E-state index is 12.0. The Kier molecular flexibility index (Phi) is 4.95. The summed E-state index contributed by atoms with van der Waals surface area (Å²) in [6, 6.07) is 3.95. The summed E-state index contributed by atoms with van der Waals surface area (Å²) in [6.07, 6.45) is -0.308. The van der Waals surface area contributed by atoms with E-state index < -0.39 is 16.0 Å². The molecule has 0 radical (unpaired) electrons. The van der Waals surface area contributed by atoms with Crippen LogP contribution in [0.4, 0.5) is 0 Å². The molecule has 1 aromatic carbocycles. The summed E-state index contributed by atoms with van der Waals surface area (Å²) < 4.78 is 30.0. The maximum Gasteiger partial charge on any atom is 0.339 e. The van der Waals surface area contributed by atoms with Crippen LogP contribution in [0.5, 0.6) is 0 Å². The van der Waals surface area contributed by atoms with E-state index >= 15 is 0 Å². The van der Waals surface area contributed by atoms with E-state index in [4.69, 9.17) is 16.3 Å². The number of rotatable bonds is 4. The van der Waals surface area contributed by atoms with Crippen LogP contribution in [0.1, 0.15) is 24.2 Å². The first kappa shape index (κ1) is 15.9. The van der Waals surface area contributed by atoms with Crippen molar-refractivity contribution in [1.82, 2.24) is 4.31 Å². The molecule has 0 bridgehead atoms. The molecule has 0 saturated heterocycles. The fourth-order valence-corrected chi connectivity index (χ4v) is 2.43. The number of nitrogens with zero attached hydrogens (tertiary/aromatic N) is 1. The third kappa shape index (κ3) is 3.68. The highest BCUT2D eigenvalue weighted by atomic mass is 35.5. The van der Waals surface area contributed by atoms with Crippen LogP contribution < -0.4 is 0 Å². The van der Waals surface area contributed by atoms with Gasteiger partial charge in [-0.05, 0) is 32.0 Å². The van der Waals surface area contributed by atoms with E-state index in [9.17, 15) is 13.2 Å². The van der Waals surface area contributed by atoms with Crippen molar-refractivity contribution in [2.24, 2.45) is 0 Å². The summed E-state index contributed by atoms with van der Waals surface area (Å²) >= 11 is 5.89. The van der Waals surface area contributed by atoms with Crippen molar-refractivity contribution in [1.29, 1.82) is 0 Å². The van der Waals surface area contributed by atoms with Gasteiger partial charge >= 0.3 is 5.97 Å². The first-order valence-electron chi connectivity index (χ1n) is 5.59. The lowest BCUT2D eigenvalue weighted by Crippen LogP contribution is -2.22. The minimum Gasteiger partial charge on any atom is -0.459 e. The molecule has 0 fully saturated rings. The van der Waals surface area contributed by atoms with Crippen molar-refractivity contribution >= 4 is 27.6 Å². The van der Waals surface area contributed by atoms with Crippen LogP contribution in [-0.4, -0.2) is 38.9 Å². The third-order valence-electron chi connectivity index (χ3n) is 2.28. The van der Waals surface area contributed by atoms with Gasteiger partial charge in [-0.25, -0.2) is 17.5 Å². The van der Waals surface area contributed by atoms with Gasteiger partial charge in [-0.15, -0.1) is 0 Å². The van der Waals surface area contributed by atoms with Crippen molar-refractivity contribution in [3.05, 3.63) is 28.8 Å². The zero-order chi connectivity index (χ0) is 14.8. The van der Waals surface area contributed by atoms with Gasteiger partial charge in [0.2, 0.25) is 10.0 Å². The smallest absolute Gasteiger partial charge is 0.339 e. The van der Waals surface area contributed by atoms with Crippen molar-refractivity contribution in [2.75, 3.05) is 14.1 Å². The summed E-state index contributed by atoms with van der Waals surface area (Å²) in [6.45, 7) is 3.40. The Labute approximate surface area is 118 Å². The fraction of sp³-hybridized carbons (Fsp3) is 0.417. The molecule has 0 saturated carbocycles. The highest BCUT2D eigenvalue weighted by Crippen LogP contribution is 2.23. The Morgan fingerprint density at radius 2 is 1.89 bits per heavy atom. The zero-order valence-corrected chi connectivity index (χ0v) is 12.7. The Bertz CT molecular complexity index is 581. The summed E-state index contributed by atoms with van der Waals surface area (Å²) in [5.41, 5.74) is 0.0401. The SMILES string of the molecule is CC(C)OC(=O)c1cc(S(=O)(=O)N(C)C)ccc1Cl. The molecule has 0 aliphatic heterocycles. The van der Waals surface area contributed by atoms with Gasteiger partial charge in [-0.1, -0.05) is 11.6 Å². The highest BCUT2D eigenvalue weighted by molar-refractivity contribution is 7.89. The largest absolute Gasteiger partial charge is 0.459 e. The van der Waals surface area contributed by atoms with E-state index in [1.54, 1.807) is 13.8 Å². The Balaban J connectivity index is 3.26. The van der Waals surface area contributed by atoms with Crippen LogP contribution in [-0.2, 0) is 14.8 Å². The predicted molar refractivity (Wildman–Crippen MR) is 72.9 cm³/mol. The minimum atomic E-state index is -3.61. The topological polar surface area (TPSA) is 63.7 Å². The van der Waals surface area contributed by atoms with Crippen LogP contribution in [0.15, 0.2) is 23.1 Å². The number of carbonyl (C=O) groups excluding carboxylic acids is 1. The molecule has 0 unspecified atom stereocenters. The van der Waals surface area contributed by atoms with E-state index in [1.165, 1.54) is 32.3 Å². The zero-order valence-electron chi connectivity index (χ0n) is 11.2. The van der Waals surface area contributed by atoms with E-state index in [0.717, 1.165) is 4.31 Å². The number of carbonyl (C=O) groups is 1. The van der Waals surface area contributed by atoms with Gasteiger partial charge in [0.15, 0.2) is 0 Å². The third-order valence-corrected chi connectivity index (χ3v) is 4.42. The molecule has 1 rings (SSSR count). The lowest BCUT2D eigenvalue weighted by atomic mass is 10.2. The standard InChI is InChI=1S/C12H16ClNO4S/c1-8(2)18-12(15)10-7-9(5-6-11(10)13)19(16,17)14(3)4/h5-8H,1-4H3. The molecular formula is C12H16ClNO4S. The fourth-order valence-electron chi connectivity index (χ4n) is 1.31. The van der Waals surface area contributed by atoms with Crippen LogP contribution in [0.2, 0.25) is 5.02 Å². The van der Waals surface area contributed by atoms with E-state index in [0.29, 0.717) is 0 Å². The molecule has 19 heavy (non-hydrogen) atoms. The van der Waals surface area contributed by atoms with Gasteiger partial charge in [0.05, 0.1) is 21.6 Å². The Hall–Kier alpha value is -1.11. The highest BCUT2D eigenvalue weighted by Gasteiger charge is 2.21. The number of benzene rings is 1. The average molecular weight is 306 g/mol. The van der Waals surface area contributed by atoms with Crippen LogP contribution >= 0.6 is 11.6 Å². The number of esters is 1. The summed E-state index contributed by atoms with van der Waals surface area (Å²) in [4.78, 5) is 11.8. The normalized spacial score (nSPS) is 11.9. The number of hydrogen-bond donors (Lipinski definition) is 0. The van der Waals surface area contributed by atoms with E-state index in [2.05, 4.69) is 0 Å². The molecule has 7 heteroatoms. The Morgan fingerprint density at radius 3 is 2.37 bits per heavy atom. The molecule has 0 aromatic heterocycles. The lowest BCUT2D eigenvalue weighted by Gasteiger charge is -2.13. The van der Waals surface area contributed by atoms with Gasteiger partial charge in [0.1, 0.15) is 0 Å². The van der Waals surface area contributed by atoms with Gasteiger partial charge in [0, 0.05) is 14.1 Å². The molecule has 0 heterocycles. The first-order chi connectivity index (χ1) is 8.66. The number of halogens is 1. The summed E-state index contributed by atoms with van der Waals surface area (Å²) in [5.74, 6) is -0.643. The molecule has 0 amide bonds. The molecular weight excluding hydrogens is 290 g/mol. The number of sulfonamides is 1. The Morgan fingerprint density at radius 1 is 1.32 bits per heavy atom. The molecule has 0 spiro atoms. The lowest BCUT2D eigenvalue weighted by molar-refractivity contribution is 0.0378. The number of ether oxygens (including phenoxy) is 1. The van der Waals surface area contributed by atoms with Gasteiger partial charge in [0.25, 0.3) is 0 Å². The molecule has 0 aliphatic rings. The monoisotopic (exact) mass is 305 g/mol. The van der Waals surface area contributed by atoms with Crippen molar-refractivity contribution < 1.29 is 17.9 Å². The number of hydrogen-bond acceptors (Lipinski definition) is 4. The molecule has 106 valence electrons. The van der Waals surface area contributed by atoms with Crippen molar-refractivity contribution in [2.45, 2.75) is 24.8 Å². The second-order valence-electron chi connectivity index (χ2n) is 4.38. The molecule has 0 aliphatic carbocycles. The molecule has 5 nitrogen and oxygen atoms in total. The molecule has 0 atom stereocenters. The maximum absolute atomic E-state index is 12.0. The van der Waals surface area contributed by atoms with Gasteiger partial charge in [-0.3, -0.25) is 0 Å². The predicted octanol–water partition coefficient (Wildman–Crippen LogP) is 2.16. The van der Waals surface area contributed by atoms with E-state index in [1.807, 2.05) is 0 Å². The van der Waals surface area contributed by atoms with Gasteiger partial charge < -0.3 is 4.74 Å². The minimum absolute atomic E-state index is 0.00222. The first-order valence-corrected chi connectivity index (χ1v) is 7.41. The van der Waals surface area contributed by atoms with Crippen LogP contribution in [0.3, 0.4) is 0 Å². The average Bonchev–Trinajstić information content (AvgIpc) is 2.27. The quantitative estimate of drug-likeness (QED) is 0.800. The summed E-state index contributed by atoms with van der Waals surface area (Å²) in [5, 5.41) is 0.156. The van der Waals surface area contributed by atoms with Crippen LogP contribution in [0, 0.1) is 0 Å². The second-order valence-corrected chi connectivity index (χ2v) is 6.94. The van der Waals surface area contributed by atoms with Crippen molar-refractivity contribution in [3.63, 3.8) is 0 Å². The molecule has 0 N–H and O–H groups in total.